The lowest BCUT2D eigenvalue weighted by Gasteiger charge is -2.06. The van der Waals surface area contributed by atoms with Crippen LogP contribution in [0.1, 0.15) is 29.3 Å². The summed E-state index contributed by atoms with van der Waals surface area (Å²) in [6.07, 6.45) is 1.67. The van der Waals surface area contributed by atoms with E-state index >= 15 is 0 Å². The molecule has 0 unspecified atom stereocenters. The Morgan fingerprint density at radius 1 is 1.13 bits per heavy atom. The van der Waals surface area contributed by atoms with Gasteiger partial charge < -0.3 is 5.32 Å². The van der Waals surface area contributed by atoms with Crippen molar-refractivity contribution in [2.45, 2.75) is 20.3 Å². The summed E-state index contributed by atoms with van der Waals surface area (Å²) in [6, 6.07) is 12.5. The fraction of sp³-hybridized carbons (Fsp3) is 0.176. The van der Waals surface area contributed by atoms with E-state index in [4.69, 9.17) is 0 Å². The Hall–Kier alpha value is -3.02. The number of aryl methyl sites for hydroxylation is 1. The fourth-order valence-electron chi connectivity index (χ4n) is 1.93. The molecule has 0 fully saturated rings. The quantitative estimate of drug-likeness (QED) is 0.657. The van der Waals surface area contributed by atoms with Crippen LogP contribution in [0.15, 0.2) is 53.8 Å². The van der Waals surface area contributed by atoms with Crippen molar-refractivity contribution in [3.05, 3.63) is 59.8 Å². The van der Waals surface area contributed by atoms with Crippen LogP contribution in [0, 0.1) is 6.92 Å². The van der Waals surface area contributed by atoms with Crippen molar-refractivity contribution in [1.82, 2.24) is 10.4 Å². The number of carbonyl (C=O) groups is 2. The summed E-state index contributed by atoms with van der Waals surface area (Å²) >= 11 is 0. The van der Waals surface area contributed by atoms with Crippen molar-refractivity contribution in [2.75, 3.05) is 5.32 Å². The second-order valence-corrected chi connectivity index (χ2v) is 5.04. The number of rotatable bonds is 5. The van der Waals surface area contributed by atoms with Gasteiger partial charge in [0.25, 0.3) is 5.91 Å². The maximum atomic E-state index is 12.0. The summed E-state index contributed by atoms with van der Waals surface area (Å²) in [5, 5.41) is 6.62. The topological polar surface area (TPSA) is 83.4 Å². The average molecular weight is 310 g/mol. The molecule has 6 heteroatoms. The molecule has 0 aliphatic heterocycles. The monoisotopic (exact) mass is 310 g/mol. The Kier molecular flexibility index (Phi) is 5.57. The Morgan fingerprint density at radius 2 is 1.87 bits per heavy atom. The lowest BCUT2D eigenvalue weighted by molar-refractivity contribution is -0.115. The molecule has 1 aromatic heterocycles. The molecule has 0 bridgehead atoms. The highest BCUT2D eigenvalue weighted by Gasteiger charge is 2.08. The predicted octanol–water partition coefficient (Wildman–Crippen LogP) is 2.52. The molecule has 1 aromatic carbocycles. The third kappa shape index (κ3) is 5.03. The number of nitrogens with zero attached hydrogens (tertiary/aromatic N) is 2. The number of hydrazone groups is 1. The van der Waals surface area contributed by atoms with Crippen molar-refractivity contribution in [3.63, 3.8) is 0 Å². The Morgan fingerprint density at radius 3 is 2.57 bits per heavy atom. The number of nitrogens with one attached hydrogen (secondary N) is 2. The van der Waals surface area contributed by atoms with Crippen LogP contribution in [-0.2, 0) is 4.79 Å². The smallest absolute Gasteiger partial charge is 0.271 e. The van der Waals surface area contributed by atoms with E-state index in [2.05, 4.69) is 20.8 Å². The third-order valence-corrected chi connectivity index (χ3v) is 3.09. The molecule has 0 saturated heterocycles. The highest BCUT2D eigenvalue weighted by atomic mass is 16.2. The van der Waals surface area contributed by atoms with Gasteiger partial charge in [-0.1, -0.05) is 24.3 Å². The summed E-state index contributed by atoms with van der Waals surface area (Å²) in [6.45, 7) is 3.53. The molecule has 2 amide bonds. The molecule has 0 radical (unpaired) electrons. The Bertz CT molecular complexity index is 726. The second-order valence-electron chi connectivity index (χ2n) is 5.04. The van der Waals surface area contributed by atoms with E-state index in [-0.39, 0.29) is 18.2 Å². The van der Waals surface area contributed by atoms with Crippen LogP contribution < -0.4 is 10.7 Å². The van der Waals surface area contributed by atoms with Gasteiger partial charge in [-0.25, -0.2) is 10.4 Å². The first kappa shape index (κ1) is 16.4. The average Bonchev–Trinajstić information content (AvgIpc) is 2.54. The number of amides is 2. The predicted molar refractivity (Wildman–Crippen MR) is 89.2 cm³/mol. The molecule has 0 saturated carbocycles. The highest BCUT2D eigenvalue weighted by molar-refractivity contribution is 6.05. The Labute approximate surface area is 134 Å². The number of anilines is 1. The number of pyridine rings is 1. The van der Waals surface area contributed by atoms with Gasteiger partial charge >= 0.3 is 0 Å². The first-order valence-electron chi connectivity index (χ1n) is 7.16. The van der Waals surface area contributed by atoms with Crippen LogP contribution in [0.3, 0.4) is 0 Å². The molecule has 2 N–H and O–H groups in total. The highest BCUT2D eigenvalue weighted by Crippen LogP contribution is 2.06. The van der Waals surface area contributed by atoms with E-state index in [9.17, 15) is 9.59 Å². The van der Waals surface area contributed by atoms with Crippen LogP contribution in [-0.4, -0.2) is 22.5 Å². The third-order valence-electron chi connectivity index (χ3n) is 3.09. The molecule has 0 spiro atoms. The zero-order valence-corrected chi connectivity index (χ0v) is 13.0. The Balaban J connectivity index is 1.89. The molecular weight excluding hydrogens is 292 g/mol. The van der Waals surface area contributed by atoms with Crippen LogP contribution in [0.5, 0.6) is 0 Å². The van der Waals surface area contributed by atoms with Gasteiger partial charge in [-0.3, -0.25) is 9.59 Å². The van der Waals surface area contributed by atoms with Gasteiger partial charge in [0.1, 0.15) is 5.82 Å². The van der Waals surface area contributed by atoms with E-state index in [1.54, 1.807) is 43.5 Å². The largest absolute Gasteiger partial charge is 0.310 e. The zero-order valence-electron chi connectivity index (χ0n) is 13.0. The van der Waals surface area contributed by atoms with E-state index in [1.807, 2.05) is 19.1 Å². The van der Waals surface area contributed by atoms with Gasteiger partial charge in [0.2, 0.25) is 5.91 Å². The van der Waals surface area contributed by atoms with Crippen molar-refractivity contribution < 1.29 is 9.59 Å². The van der Waals surface area contributed by atoms with Crippen LogP contribution in [0.2, 0.25) is 0 Å². The first-order valence-corrected chi connectivity index (χ1v) is 7.16. The summed E-state index contributed by atoms with van der Waals surface area (Å²) in [4.78, 5) is 27.9. The van der Waals surface area contributed by atoms with Gasteiger partial charge in [0.15, 0.2) is 0 Å². The van der Waals surface area contributed by atoms with Gasteiger partial charge in [-0.15, -0.1) is 0 Å². The fourth-order valence-corrected chi connectivity index (χ4v) is 1.93. The lowest BCUT2D eigenvalue weighted by atomic mass is 10.1. The van der Waals surface area contributed by atoms with Crippen molar-refractivity contribution >= 4 is 23.3 Å². The van der Waals surface area contributed by atoms with Crippen molar-refractivity contribution in [3.8, 4) is 0 Å². The SMILES string of the molecule is C/C(CC(=O)Nc1ccccn1)=N\NC(=O)c1ccccc1C. The maximum Gasteiger partial charge on any atom is 0.271 e. The van der Waals surface area contributed by atoms with Gasteiger partial charge in [-0.2, -0.15) is 5.10 Å². The molecule has 0 atom stereocenters. The minimum atomic E-state index is -0.299. The number of benzene rings is 1. The lowest BCUT2D eigenvalue weighted by Crippen LogP contribution is -2.22. The molecule has 6 nitrogen and oxygen atoms in total. The van der Waals surface area contributed by atoms with E-state index in [0.29, 0.717) is 17.1 Å². The zero-order chi connectivity index (χ0) is 16.7. The summed E-state index contributed by atoms with van der Waals surface area (Å²) in [5.74, 6) is -0.0584. The standard InChI is InChI=1S/C17H18N4O2/c1-12-7-3-4-8-14(12)17(23)21-20-13(2)11-16(22)19-15-9-5-6-10-18-15/h3-10H,11H2,1-2H3,(H,21,23)(H,18,19,22)/b20-13+. The molecule has 0 aliphatic rings. The molecule has 2 aromatic rings. The van der Waals surface area contributed by atoms with Crippen LogP contribution in [0.25, 0.3) is 0 Å². The molecule has 23 heavy (non-hydrogen) atoms. The summed E-state index contributed by atoms with van der Waals surface area (Å²) in [7, 11) is 0. The van der Waals surface area contributed by atoms with Crippen molar-refractivity contribution in [1.29, 1.82) is 0 Å². The number of carbonyl (C=O) groups excluding carboxylic acids is 2. The number of hydrogen-bond donors (Lipinski definition) is 2. The van der Waals surface area contributed by atoms with Gasteiger partial charge in [0.05, 0.1) is 6.42 Å². The molecule has 118 valence electrons. The molecule has 2 rings (SSSR count). The number of hydrogen-bond acceptors (Lipinski definition) is 4. The minimum absolute atomic E-state index is 0.0740. The molecule has 0 aliphatic carbocycles. The second kappa shape index (κ2) is 7.84. The van der Waals surface area contributed by atoms with Crippen molar-refractivity contribution in [2.24, 2.45) is 5.10 Å². The minimum Gasteiger partial charge on any atom is -0.310 e. The maximum absolute atomic E-state index is 12.0. The van der Waals surface area contributed by atoms with Crippen LogP contribution in [0.4, 0.5) is 5.82 Å². The van der Waals surface area contributed by atoms with E-state index < -0.39 is 0 Å². The normalized spacial score (nSPS) is 11.0. The van der Waals surface area contributed by atoms with E-state index in [1.165, 1.54) is 0 Å². The molecule has 1 heterocycles. The molecular formula is C17H18N4O2. The van der Waals surface area contributed by atoms with E-state index in [0.717, 1.165) is 5.56 Å². The van der Waals surface area contributed by atoms with Crippen LogP contribution >= 0.6 is 0 Å². The summed E-state index contributed by atoms with van der Waals surface area (Å²) in [5.41, 5.74) is 4.39. The number of aromatic nitrogens is 1. The van der Waals surface area contributed by atoms with Gasteiger partial charge in [-0.05, 0) is 37.6 Å². The first-order chi connectivity index (χ1) is 11.1. The summed E-state index contributed by atoms with van der Waals surface area (Å²) < 4.78 is 0. The van der Waals surface area contributed by atoms with Gasteiger partial charge in [0, 0.05) is 17.5 Å².